The Labute approximate surface area is 563 Å². The van der Waals surface area contributed by atoms with E-state index in [1.54, 1.807) is 37.3 Å². The SMILES string of the molecule is C=C1[C@@H](O)C2O[C@@]3(CCC2O[C@@H]1[C@@H](O)C[C@H](C)C1O[C@@]2(CCCCO2)CC[C@H]1C)CC[C@H](/C=C/C(C)[C@@H]1CC(C)=C[C@@]2(O[C@H](C[C@@](C)(O)C(=O)OC/C(C)=C/C=C/CCOC(=O)C/C=C/CCC(=O)NCC(O)CC(O)C(OS(=O)(=O)O)C(O)COS(=O)(=O)O)CC[C@H]2O)O1)O3. The second kappa shape index (κ2) is 35.1. The molecule has 3 spiro atoms. The molecule has 7 aliphatic heterocycles. The van der Waals surface area contributed by atoms with Crippen molar-refractivity contribution in [3.05, 3.63) is 71.9 Å². The second-order valence-corrected chi connectivity index (χ2v) is 29.5. The van der Waals surface area contributed by atoms with Gasteiger partial charge in [-0.1, -0.05) is 75.5 Å². The first-order valence-corrected chi connectivity index (χ1v) is 36.2. The molecule has 1 amide bonds. The van der Waals surface area contributed by atoms with Gasteiger partial charge in [-0.15, -0.1) is 0 Å². The minimum Gasteiger partial charge on any atom is -0.465 e. The molecule has 6 saturated heterocycles. The van der Waals surface area contributed by atoms with Crippen molar-refractivity contribution < 1.29 is 127 Å². The third-order valence-corrected chi connectivity index (χ3v) is 19.8. The van der Waals surface area contributed by atoms with Crippen molar-refractivity contribution in [2.75, 3.05) is 33.0 Å². The van der Waals surface area contributed by atoms with Crippen LogP contribution >= 0.6 is 0 Å². The molecule has 0 aromatic carbocycles. The lowest BCUT2D eigenvalue weighted by molar-refractivity contribution is -0.321. The molecule has 96 heavy (non-hydrogen) atoms. The van der Waals surface area contributed by atoms with Crippen LogP contribution in [0.2, 0.25) is 0 Å². The van der Waals surface area contributed by atoms with E-state index >= 15 is 0 Å². The van der Waals surface area contributed by atoms with E-state index in [4.69, 9.17) is 51.7 Å². The zero-order valence-corrected chi connectivity index (χ0v) is 57.4. The zero-order valence-electron chi connectivity index (χ0n) is 55.8. The highest BCUT2D eigenvalue weighted by Gasteiger charge is 2.55. The van der Waals surface area contributed by atoms with Gasteiger partial charge in [-0.25, -0.2) is 13.2 Å². The standard InChI is InChI=1S/C66H103NO27S2/c1-40(16-10-9-14-30-84-56(74)18-12-8-11-17-55(73)67-37-46(68)34-50(70)60(94-96(81,82)83)51(71)39-87-95(78,79)80)38-85-62(76)63(7,77)36-48-21-22-54(72)66(90-48)35-41(2)32-53(91-66)42(3)19-20-47-24-28-65(89-47)29-25-52-61(93-65)57(75)45(6)59(88-52)49(69)33-44(5)58-43(4)23-27-64(92-58)26-13-15-31-86-64/h8-10,12,16,19-20,35,42-44,46-54,57-61,68-72,75,77H,6,11,13-15,17-18,21-34,36-39H2,1-5,7H3,(H,67,73)(H,78,79,80)(H,81,82,83)/b10-9+,12-8+,20-19+,40-16+/t42?,43-,44+,46?,47+,48+,49+,50?,51?,52?,53+,54-,57-,58?,59+,60?,61?,63-,64+,65-,66-/m1/s1. The Bertz CT molecular complexity index is 2980. The molecule has 28 nitrogen and oxygen atoms in total. The summed E-state index contributed by atoms with van der Waals surface area (Å²) >= 11 is 0. The Morgan fingerprint density at radius 1 is 0.865 bits per heavy atom. The van der Waals surface area contributed by atoms with Gasteiger partial charge in [0, 0.05) is 57.4 Å². The van der Waals surface area contributed by atoms with E-state index in [0.717, 1.165) is 37.7 Å². The van der Waals surface area contributed by atoms with Crippen LogP contribution < -0.4 is 5.32 Å². The summed E-state index contributed by atoms with van der Waals surface area (Å²) in [5.41, 5.74) is 0.0337. The van der Waals surface area contributed by atoms with Gasteiger partial charge >= 0.3 is 32.7 Å². The first kappa shape index (κ1) is 79.4. The molecule has 0 bridgehead atoms. The summed E-state index contributed by atoms with van der Waals surface area (Å²) < 4.78 is 126. The van der Waals surface area contributed by atoms with E-state index in [1.165, 1.54) is 13.0 Å². The lowest BCUT2D eigenvalue weighted by atomic mass is 9.79. The Morgan fingerprint density at radius 2 is 1.60 bits per heavy atom. The second-order valence-electron chi connectivity index (χ2n) is 27.3. The zero-order chi connectivity index (χ0) is 70.4. The van der Waals surface area contributed by atoms with Crippen LogP contribution in [0.5, 0.6) is 0 Å². The molecule has 6 fully saturated rings. The van der Waals surface area contributed by atoms with Gasteiger partial charge in [-0.2, -0.15) is 16.8 Å². The summed E-state index contributed by atoms with van der Waals surface area (Å²) in [7, 11) is -10.4. The van der Waals surface area contributed by atoms with Gasteiger partial charge in [0.2, 0.25) is 11.7 Å². The summed E-state index contributed by atoms with van der Waals surface area (Å²) in [6.07, 6.45) is 7.99. The monoisotopic (exact) mass is 1410 g/mol. The Hall–Kier alpha value is -3.97. The number of nitrogens with one attached hydrogen (secondary N) is 1. The highest BCUT2D eigenvalue weighted by molar-refractivity contribution is 7.81. The Balaban J connectivity index is 0.770. The molecule has 10 N–H and O–H groups in total. The molecule has 546 valence electrons. The number of aliphatic hydroxyl groups excluding tert-OH is 6. The number of aliphatic hydroxyl groups is 7. The van der Waals surface area contributed by atoms with Crippen LogP contribution in [0, 0.1) is 17.8 Å². The number of carbonyl (C=O) groups is 3. The fourth-order valence-electron chi connectivity index (χ4n) is 13.7. The third-order valence-electron chi connectivity index (χ3n) is 18.9. The van der Waals surface area contributed by atoms with E-state index in [0.29, 0.717) is 75.0 Å². The minimum atomic E-state index is -5.30. The molecule has 7 rings (SSSR count). The van der Waals surface area contributed by atoms with Gasteiger partial charge in [-0.05, 0) is 120 Å². The smallest absolute Gasteiger partial charge is 0.397 e. The number of amides is 1. The number of carbonyl (C=O) groups excluding carboxylic acids is 3. The average molecular weight is 1410 g/mol. The van der Waals surface area contributed by atoms with E-state index < -0.39 is 154 Å². The van der Waals surface area contributed by atoms with Gasteiger partial charge < -0.3 is 83.7 Å². The number of ether oxygens (including phenoxy) is 9. The van der Waals surface area contributed by atoms with Gasteiger partial charge in [0.1, 0.15) is 43.2 Å². The Kier molecular flexibility index (Phi) is 29.0. The average Bonchev–Trinajstić information content (AvgIpc) is 1.25. The van der Waals surface area contributed by atoms with Crippen LogP contribution in [0.15, 0.2) is 71.9 Å². The fraction of sp³-hybridized carbons (Fsp3) is 0.773. The summed E-state index contributed by atoms with van der Waals surface area (Å²) in [6.45, 7) is 14.5. The quantitative estimate of drug-likeness (QED) is 0.0146. The number of esters is 2. The van der Waals surface area contributed by atoms with Crippen LogP contribution in [-0.4, -0.2) is 221 Å². The van der Waals surface area contributed by atoms with Crippen LogP contribution in [0.25, 0.3) is 0 Å². The summed E-state index contributed by atoms with van der Waals surface area (Å²) in [5, 5.41) is 79.1. The highest BCUT2D eigenvalue weighted by atomic mass is 32.3. The van der Waals surface area contributed by atoms with Crippen molar-refractivity contribution in [3.8, 4) is 0 Å². The lowest BCUT2D eigenvalue weighted by Crippen LogP contribution is -2.60. The van der Waals surface area contributed by atoms with Gasteiger partial charge in [-0.3, -0.25) is 18.7 Å². The molecule has 0 aromatic heterocycles. The molecule has 8 unspecified atom stereocenters. The normalized spacial score (nSPS) is 33.7. The van der Waals surface area contributed by atoms with E-state index in [-0.39, 0.29) is 69.4 Å². The highest BCUT2D eigenvalue weighted by Crippen LogP contribution is 2.48. The molecule has 0 aromatic rings. The van der Waals surface area contributed by atoms with Crippen molar-refractivity contribution in [2.24, 2.45) is 17.8 Å². The van der Waals surface area contributed by atoms with E-state index in [1.807, 2.05) is 26.0 Å². The number of hydrogen-bond acceptors (Lipinski definition) is 25. The van der Waals surface area contributed by atoms with Crippen LogP contribution in [-0.2, 0) is 86.2 Å². The van der Waals surface area contributed by atoms with Gasteiger partial charge in [0.25, 0.3) is 0 Å². The van der Waals surface area contributed by atoms with Gasteiger partial charge in [0.05, 0.1) is 75.1 Å². The molecule has 7 heterocycles. The van der Waals surface area contributed by atoms with Crippen LogP contribution in [0.3, 0.4) is 0 Å². The maximum Gasteiger partial charge on any atom is 0.397 e. The molecule has 0 saturated carbocycles. The first-order valence-electron chi connectivity index (χ1n) is 33.5. The third kappa shape index (κ3) is 23.3. The molecule has 21 atom stereocenters. The van der Waals surface area contributed by atoms with Crippen molar-refractivity contribution in [3.63, 3.8) is 0 Å². The van der Waals surface area contributed by atoms with E-state index in [9.17, 15) is 67.0 Å². The van der Waals surface area contributed by atoms with Gasteiger partial charge in [0.15, 0.2) is 17.2 Å². The molecule has 0 radical (unpaired) electrons. The number of fused-ring (bicyclic) bond motifs is 1. The molecule has 0 aliphatic carbocycles. The van der Waals surface area contributed by atoms with Crippen molar-refractivity contribution >= 4 is 38.6 Å². The summed E-state index contributed by atoms with van der Waals surface area (Å²) in [4.78, 5) is 37.8. The fourth-order valence-corrected chi connectivity index (χ4v) is 14.5. The maximum atomic E-state index is 13.3. The molecular weight excluding hydrogens is 1300 g/mol. The largest absolute Gasteiger partial charge is 0.465 e. The van der Waals surface area contributed by atoms with Crippen molar-refractivity contribution in [2.45, 2.75) is 272 Å². The molecule has 7 aliphatic rings. The van der Waals surface area contributed by atoms with Crippen molar-refractivity contribution in [1.29, 1.82) is 0 Å². The predicted molar refractivity (Wildman–Crippen MR) is 342 cm³/mol. The topological polar surface area (TPSA) is 415 Å². The van der Waals surface area contributed by atoms with Crippen LogP contribution in [0.4, 0.5) is 0 Å². The number of allylic oxidation sites excluding steroid dienone is 3. The molecule has 30 heteroatoms. The maximum absolute atomic E-state index is 13.3. The summed E-state index contributed by atoms with van der Waals surface area (Å²) in [5.74, 6) is -4.77. The predicted octanol–water partition coefficient (Wildman–Crippen LogP) is 4.43. The van der Waals surface area contributed by atoms with Crippen molar-refractivity contribution in [1.82, 2.24) is 5.32 Å². The lowest BCUT2D eigenvalue weighted by Gasteiger charge is -2.50. The summed E-state index contributed by atoms with van der Waals surface area (Å²) in [6, 6.07) is 0. The first-order chi connectivity index (χ1) is 45.1. The number of hydrogen-bond donors (Lipinski definition) is 10. The minimum absolute atomic E-state index is 0.0130. The van der Waals surface area contributed by atoms with E-state index in [2.05, 4.69) is 34.1 Å². The molecular formula is C66H103NO27S2. The number of rotatable bonds is 32. The Morgan fingerprint density at radius 3 is 2.32 bits per heavy atom. The van der Waals surface area contributed by atoms with Crippen LogP contribution in [0.1, 0.15) is 164 Å².